The molecule has 0 aromatic heterocycles. The number of hydrogen-bond donors (Lipinski definition) is 3. The molecule has 5 nitrogen and oxygen atoms in total. The van der Waals surface area contributed by atoms with Gasteiger partial charge in [-0.2, -0.15) is 0 Å². The van der Waals surface area contributed by atoms with Crippen LogP contribution in [0.2, 0.25) is 0 Å². The average Bonchev–Trinajstić information content (AvgIpc) is 2.40. The Morgan fingerprint density at radius 2 is 1.70 bits per heavy atom. The molecule has 1 aromatic carbocycles. The molecular weight excluding hydrogens is 256 g/mol. The van der Waals surface area contributed by atoms with Crippen molar-refractivity contribution in [3.05, 3.63) is 30.3 Å². The predicted octanol–water partition coefficient (Wildman–Crippen LogP) is 0.938. The van der Waals surface area contributed by atoms with Gasteiger partial charge in [0.25, 0.3) is 0 Å². The third-order valence-corrected chi connectivity index (χ3v) is 3.10. The molecule has 0 heterocycles. The maximum atomic E-state index is 12.3. The van der Waals surface area contributed by atoms with Crippen molar-refractivity contribution in [1.29, 1.82) is 0 Å². The molecule has 0 saturated heterocycles. The first kappa shape index (κ1) is 16.6. The number of hydrogen-bond acceptors (Lipinski definition) is 4. The van der Waals surface area contributed by atoms with E-state index in [-0.39, 0.29) is 19.1 Å². The number of rotatable bonds is 8. The van der Waals surface area contributed by atoms with Gasteiger partial charge in [-0.25, -0.2) is 0 Å². The summed E-state index contributed by atoms with van der Waals surface area (Å²) in [5, 5.41) is 20.9. The highest BCUT2D eigenvalue weighted by molar-refractivity contribution is 5.94. The fourth-order valence-electron chi connectivity index (χ4n) is 2.01. The molecule has 0 aliphatic carbocycles. The van der Waals surface area contributed by atoms with Crippen molar-refractivity contribution in [1.82, 2.24) is 4.90 Å². The van der Waals surface area contributed by atoms with Crippen LogP contribution in [0.25, 0.3) is 0 Å². The fraction of sp³-hybridized carbons (Fsp3) is 0.533. The van der Waals surface area contributed by atoms with Gasteiger partial charge in [0.1, 0.15) is 0 Å². The quantitative estimate of drug-likeness (QED) is 0.662. The van der Waals surface area contributed by atoms with Gasteiger partial charge < -0.3 is 15.5 Å². The van der Waals surface area contributed by atoms with Crippen LogP contribution in [0.1, 0.15) is 13.8 Å². The summed E-state index contributed by atoms with van der Waals surface area (Å²) in [6.45, 7) is 5.10. The molecular formula is C15H24N2O3. The van der Waals surface area contributed by atoms with E-state index in [4.69, 9.17) is 10.2 Å². The summed E-state index contributed by atoms with van der Waals surface area (Å²) >= 11 is 0. The molecule has 0 spiro atoms. The van der Waals surface area contributed by atoms with Crippen LogP contribution in [-0.4, -0.2) is 53.9 Å². The average molecular weight is 280 g/mol. The van der Waals surface area contributed by atoms with Crippen LogP contribution >= 0.6 is 0 Å². The Kier molecular flexibility index (Phi) is 6.64. The number of nitrogens with one attached hydrogen (secondary N) is 1. The second-order valence-electron chi connectivity index (χ2n) is 5.43. The van der Waals surface area contributed by atoms with Crippen LogP contribution in [0.15, 0.2) is 30.3 Å². The number of nitrogens with zero attached hydrogens (tertiary/aromatic N) is 1. The first-order valence-electron chi connectivity index (χ1n) is 6.80. The van der Waals surface area contributed by atoms with Crippen LogP contribution in [0.5, 0.6) is 0 Å². The number of para-hydroxylation sites is 1. The van der Waals surface area contributed by atoms with E-state index in [0.29, 0.717) is 19.6 Å². The van der Waals surface area contributed by atoms with Crippen LogP contribution in [0, 0.1) is 5.41 Å². The maximum Gasteiger partial charge on any atom is 0.231 e. The molecule has 0 aliphatic rings. The van der Waals surface area contributed by atoms with Crippen LogP contribution in [-0.2, 0) is 4.79 Å². The van der Waals surface area contributed by atoms with Gasteiger partial charge in [-0.3, -0.25) is 9.69 Å². The molecule has 0 unspecified atom stereocenters. The Morgan fingerprint density at radius 3 is 2.20 bits per heavy atom. The van der Waals surface area contributed by atoms with Gasteiger partial charge in [-0.15, -0.1) is 0 Å². The van der Waals surface area contributed by atoms with E-state index < -0.39 is 5.41 Å². The molecule has 1 amide bonds. The molecule has 0 aliphatic heterocycles. The van der Waals surface area contributed by atoms with Crippen molar-refractivity contribution < 1.29 is 15.0 Å². The minimum atomic E-state index is -0.611. The van der Waals surface area contributed by atoms with Crippen molar-refractivity contribution in [3.8, 4) is 0 Å². The van der Waals surface area contributed by atoms with E-state index in [1.807, 2.05) is 49.1 Å². The first-order chi connectivity index (χ1) is 9.49. The van der Waals surface area contributed by atoms with Gasteiger partial charge in [-0.1, -0.05) is 18.2 Å². The molecule has 5 heteroatoms. The molecule has 0 bridgehead atoms. The van der Waals surface area contributed by atoms with Crippen LogP contribution in [0.3, 0.4) is 0 Å². The Hall–Kier alpha value is -1.43. The van der Waals surface area contributed by atoms with Gasteiger partial charge in [0.05, 0.1) is 18.6 Å². The summed E-state index contributed by atoms with van der Waals surface area (Å²) in [5.74, 6) is -0.0791. The normalized spacial score (nSPS) is 11.7. The fourth-order valence-corrected chi connectivity index (χ4v) is 2.01. The van der Waals surface area contributed by atoms with E-state index >= 15 is 0 Å². The standard InChI is InChI=1S/C15H24N2O3/c1-15(2,12-17(8-10-18)9-11-19)14(20)16-13-6-4-3-5-7-13/h3-7,18-19H,8-12H2,1-2H3,(H,16,20). The Bertz CT molecular complexity index is 401. The van der Waals surface area contributed by atoms with Crippen molar-refractivity contribution >= 4 is 11.6 Å². The minimum absolute atomic E-state index is 0.0103. The van der Waals surface area contributed by atoms with Crippen molar-refractivity contribution in [2.24, 2.45) is 5.41 Å². The minimum Gasteiger partial charge on any atom is -0.395 e. The SMILES string of the molecule is CC(C)(CN(CCO)CCO)C(=O)Nc1ccccc1. The van der Waals surface area contributed by atoms with E-state index in [1.165, 1.54) is 0 Å². The zero-order chi connectivity index (χ0) is 15.0. The van der Waals surface area contributed by atoms with Crippen LogP contribution < -0.4 is 5.32 Å². The van der Waals surface area contributed by atoms with E-state index in [2.05, 4.69) is 5.32 Å². The number of aliphatic hydroxyl groups excluding tert-OH is 2. The van der Waals surface area contributed by atoms with E-state index in [0.717, 1.165) is 5.69 Å². The summed E-state index contributed by atoms with van der Waals surface area (Å²) in [4.78, 5) is 14.2. The molecule has 0 atom stereocenters. The van der Waals surface area contributed by atoms with Crippen molar-refractivity contribution in [3.63, 3.8) is 0 Å². The Balaban J connectivity index is 2.63. The van der Waals surface area contributed by atoms with Gasteiger partial charge in [-0.05, 0) is 26.0 Å². The number of benzene rings is 1. The predicted molar refractivity (Wildman–Crippen MR) is 79.5 cm³/mol. The summed E-state index contributed by atoms with van der Waals surface area (Å²) in [6.07, 6.45) is 0. The molecule has 0 radical (unpaired) electrons. The molecule has 1 aromatic rings. The number of carbonyl (C=O) groups excluding carboxylic acids is 1. The largest absolute Gasteiger partial charge is 0.395 e. The van der Waals surface area contributed by atoms with Crippen molar-refractivity contribution in [2.75, 3.05) is 38.2 Å². The molecule has 0 fully saturated rings. The topological polar surface area (TPSA) is 72.8 Å². The monoisotopic (exact) mass is 280 g/mol. The van der Waals surface area contributed by atoms with Gasteiger partial charge in [0.2, 0.25) is 5.91 Å². The second-order valence-corrected chi connectivity index (χ2v) is 5.43. The first-order valence-corrected chi connectivity index (χ1v) is 6.80. The zero-order valence-electron chi connectivity index (χ0n) is 12.2. The Labute approximate surface area is 120 Å². The number of amides is 1. The molecule has 112 valence electrons. The summed E-state index contributed by atoms with van der Waals surface area (Å²) < 4.78 is 0. The van der Waals surface area contributed by atoms with E-state index in [9.17, 15) is 4.79 Å². The summed E-state index contributed by atoms with van der Waals surface area (Å²) in [6, 6.07) is 9.31. The van der Waals surface area contributed by atoms with Gasteiger partial charge in [0.15, 0.2) is 0 Å². The number of carbonyl (C=O) groups is 1. The third kappa shape index (κ3) is 5.28. The summed E-state index contributed by atoms with van der Waals surface area (Å²) in [5.41, 5.74) is 0.154. The summed E-state index contributed by atoms with van der Waals surface area (Å²) in [7, 11) is 0. The molecule has 20 heavy (non-hydrogen) atoms. The lowest BCUT2D eigenvalue weighted by atomic mass is 9.91. The molecule has 1 rings (SSSR count). The lowest BCUT2D eigenvalue weighted by Gasteiger charge is -2.31. The third-order valence-electron chi connectivity index (χ3n) is 3.10. The maximum absolute atomic E-state index is 12.3. The zero-order valence-corrected chi connectivity index (χ0v) is 12.2. The highest BCUT2D eigenvalue weighted by atomic mass is 16.3. The molecule has 3 N–H and O–H groups in total. The Morgan fingerprint density at radius 1 is 1.15 bits per heavy atom. The second kappa shape index (κ2) is 7.99. The highest BCUT2D eigenvalue weighted by Crippen LogP contribution is 2.20. The molecule has 0 saturated carbocycles. The van der Waals surface area contributed by atoms with Crippen LogP contribution in [0.4, 0.5) is 5.69 Å². The lowest BCUT2D eigenvalue weighted by molar-refractivity contribution is -0.125. The lowest BCUT2D eigenvalue weighted by Crippen LogP contribution is -2.44. The smallest absolute Gasteiger partial charge is 0.231 e. The van der Waals surface area contributed by atoms with Gasteiger partial charge >= 0.3 is 0 Å². The number of anilines is 1. The van der Waals surface area contributed by atoms with Gasteiger partial charge in [0, 0.05) is 25.3 Å². The number of aliphatic hydroxyl groups is 2. The van der Waals surface area contributed by atoms with Crippen molar-refractivity contribution in [2.45, 2.75) is 13.8 Å². The highest BCUT2D eigenvalue weighted by Gasteiger charge is 2.29. The van der Waals surface area contributed by atoms with E-state index in [1.54, 1.807) is 0 Å².